The molecule has 2 amide bonds. The Labute approximate surface area is 115 Å². The maximum atomic E-state index is 12.7. The standard InChI is InChI=1S/C14H16F2N2O2/c1-2-5-10-14(20)18(8-12(15)16)11-7-4-3-6-9(11)13(19)17-10/h3-4,6-7,10,12H,2,5,8H2,1H3,(H,17,19). The zero-order chi connectivity index (χ0) is 14.7. The first-order chi connectivity index (χ1) is 9.54. The van der Waals surface area contributed by atoms with E-state index < -0.39 is 30.8 Å². The topological polar surface area (TPSA) is 49.4 Å². The Hall–Kier alpha value is -1.98. The summed E-state index contributed by atoms with van der Waals surface area (Å²) in [5.74, 6) is -0.880. The molecule has 1 unspecified atom stereocenters. The molecule has 1 N–H and O–H groups in total. The number of nitrogens with one attached hydrogen (secondary N) is 1. The van der Waals surface area contributed by atoms with Gasteiger partial charge in [0, 0.05) is 0 Å². The van der Waals surface area contributed by atoms with Gasteiger partial charge in [0.1, 0.15) is 6.04 Å². The second-order valence-electron chi connectivity index (χ2n) is 4.67. The summed E-state index contributed by atoms with van der Waals surface area (Å²) in [6, 6.07) is 5.56. The summed E-state index contributed by atoms with van der Waals surface area (Å²) in [6.07, 6.45) is -1.55. The van der Waals surface area contributed by atoms with E-state index in [2.05, 4.69) is 5.32 Å². The summed E-state index contributed by atoms with van der Waals surface area (Å²) >= 11 is 0. The highest BCUT2D eigenvalue weighted by molar-refractivity contribution is 6.10. The van der Waals surface area contributed by atoms with Crippen molar-refractivity contribution in [1.29, 1.82) is 0 Å². The van der Waals surface area contributed by atoms with Gasteiger partial charge in [-0.1, -0.05) is 25.5 Å². The monoisotopic (exact) mass is 282 g/mol. The highest BCUT2D eigenvalue weighted by atomic mass is 19.3. The third-order valence-corrected chi connectivity index (χ3v) is 3.21. The number of hydrogen-bond donors (Lipinski definition) is 1. The summed E-state index contributed by atoms with van der Waals surface area (Å²) in [5, 5.41) is 2.61. The average Bonchev–Trinajstić information content (AvgIpc) is 2.51. The molecule has 108 valence electrons. The van der Waals surface area contributed by atoms with Crippen LogP contribution in [0.4, 0.5) is 14.5 Å². The van der Waals surface area contributed by atoms with Gasteiger partial charge in [0.25, 0.3) is 12.3 Å². The van der Waals surface area contributed by atoms with E-state index in [0.717, 1.165) is 4.90 Å². The minimum atomic E-state index is -2.65. The van der Waals surface area contributed by atoms with Gasteiger partial charge in [0.05, 0.1) is 17.8 Å². The van der Waals surface area contributed by atoms with Crippen molar-refractivity contribution >= 4 is 17.5 Å². The van der Waals surface area contributed by atoms with Gasteiger partial charge in [-0.05, 0) is 18.6 Å². The lowest BCUT2D eigenvalue weighted by molar-refractivity contribution is -0.121. The number of halogens is 2. The Balaban J connectivity index is 2.45. The van der Waals surface area contributed by atoms with E-state index in [1.807, 2.05) is 6.92 Å². The van der Waals surface area contributed by atoms with Crippen LogP contribution in [0.1, 0.15) is 30.1 Å². The number of alkyl halides is 2. The van der Waals surface area contributed by atoms with Crippen molar-refractivity contribution < 1.29 is 18.4 Å². The van der Waals surface area contributed by atoms with Crippen LogP contribution in [0.3, 0.4) is 0 Å². The molecule has 4 nitrogen and oxygen atoms in total. The number of para-hydroxylation sites is 1. The fourth-order valence-electron chi connectivity index (χ4n) is 2.32. The lowest BCUT2D eigenvalue weighted by Gasteiger charge is -2.24. The van der Waals surface area contributed by atoms with Crippen molar-refractivity contribution in [3.63, 3.8) is 0 Å². The number of fused-ring (bicyclic) bond motifs is 1. The molecule has 1 aromatic carbocycles. The molecule has 0 fully saturated rings. The van der Waals surface area contributed by atoms with Crippen molar-refractivity contribution in [1.82, 2.24) is 5.32 Å². The SMILES string of the molecule is CCCC1NC(=O)c2ccccc2N(CC(F)F)C1=O. The number of carbonyl (C=O) groups is 2. The van der Waals surface area contributed by atoms with Crippen LogP contribution in [0.5, 0.6) is 0 Å². The fourth-order valence-corrected chi connectivity index (χ4v) is 2.32. The summed E-state index contributed by atoms with van der Waals surface area (Å²) in [6.45, 7) is 1.17. The van der Waals surface area contributed by atoms with Gasteiger partial charge in [-0.15, -0.1) is 0 Å². The maximum Gasteiger partial charge on any atom is 0.256 e. The van der Waals surface area contributed by atoms with Crippen molar-refractivity contribution in [2.75, 3.05) is 11.4 Å². The summed E-state index contributed by atoms with van der Waals surface area (Å²) in [7, 11) is 0. The molecule has 0 bridgehead atoms. The van der Waals surface area contributed by atoms with Crippen LogP contribution in [-0.2, 0) is 4.79 Å². The molecule has 0 aromatic heterocycles. The molecular weight excluding hydrogens is 266 g/mol. The van der Waals surface area contributed by atoms with E-state index in [-0.39, 0.29) is 11.3 Å². The smallest absolute Gasteiger partial charge is 0.256 e. The molecule has 0 aliphatic carbocycles. The van der Waals surface area contributed by atoms with E-state index in [4.69, 9.17) is 0 Å². The van der Waals surface area contributed by atoms with Gasteiger partial charge in [-0.25, -0.2) is 8.78 Å². The summed E-state index contributed by atoms with van der Waals surface area (Å²) in [5.41, 5.74) is 0.494. The number of rotatable bonds is 4. The normalized spacial score (nSPS) is 18.8. The first-order valence-electron chi connectivity index (χ1n) is 6.54. The van der Waals surface area contributed by atoms with E-state index in [1.54, 1.807) is 12.1 Å². The van der Waals surface area contributed by atoms with E-state index in [1.165, 1.54) is 12.1 Å². The quantitative estimate of drug-likeness (QED) is 0.920. The highest BCUT2D eigenvalue weighted by Gasteiger charge is 2.34. The van der Waals surface area contributed by atoms with Crippen LogP contribution in [0.25, 0.3) is 0 Å². The highest BCUT2D eigenvalue weighted by Crippen LogP contribution is 2.25. The molecule has 20 heavy (non-hydrogen) atoms. The number of anilines is 1. The molecule has 0 spiro atoms. The third-order valence-electron chi connectivity index (χ3n) is 3.21. The second-order valence-corrected chi connectivity index (χ2v) is 4.67. The lowest BCUT2D eigenvalue weighted by Crippen LogP contribution is -2.47. The molecular formula is C14H16F2N2O2. The predicted octanol–water partition coefficient (Wildman–Crippen LogP) is 2.20. The number of amides is 2. The molecule has 6 heteroatoms. The van der Waals surface area contributed by atoms with Gasteiger partial charge in [-0.3, -0.25) is 9.59 Å². The van der Waals surface area contributed by atoms with E-state index in [9.17, 15) is 18.4 Å². The van der Waals surface area contributed by atoms with Crippen molar-refractivity contribution in [2.24, 2.45) is 0 Å². The average molecular weight is 282 g/mol. The zero-order valence-corrected chi connectivity index (χ0v) is 11.1. The molecule has 1 aromatic rings. The number of hydrogen-bond acceptors (Lipinski definition) is 2. The van der Waals surface area contributed by atoms with E-state index >= 15 is 0 Å². The Morgan fingerprint density at radius 2 is 2.00 bits per heavy atom. The second kappa shape index (κ2) is 5.98. The number of carbonyl (C=O) groups excluding carboxylic acids is 2. The molecule has 1 heterocycles. The Kier molecular flexibility index (Phi) is 4.32. The van der Waals surface area contributed by atoms with Crippen molar-refractivity contribution in [3.05, 3.63) is 29.8 Å². The van der Waals surface area contributed by atoms with Gasteiger partial charge in [-0.2, -0.15) is 0 Å². The Morgan fingerprint density at radius 3 is 2.65 bits per heavy atom. The van der Waals surface area contributed by atoms with Crippen molar-refractivity contribution in [2.45, 2.75) is 32.2 Å². The molecule has 0 saturated carbocycles. The van der Waals surface area contributed by atoms with Gasteiger partial charge >= 0.3 is 0 Å². The van der Waals surface area contributed by atoms with Crippen LogP contribution in [-0.4, -0.2) is 30.8 Å². The number of benzene rings is 1. The van der Waals surface area contributed by atoms with Crippen LogP contribution in [0.15, 0.2) is 24.3 Å². The van der Waals surface area contributed by atoms with Crippen molar-refractivity contribution in [3.8, 4) is 0 Å². The Bertz CT molecular complexity index is 520. The predicted molar refractivity (Wildman–Crippen MR) is 71.0 cm³/mol. The van der Waals surface area contributed by atoms with Crippen LogP contribution in [0, 0.1) is 0 Å². The van der Waals surface area contributed by atoms with Crippen LogP contribution >= 0.6 is 0 Å². The minimum Gasteiger partial charge on any atom is -0.340 e. The fraction of sp³-hybridized carbons (Fsp3) is 0.429. The molecule has 1 aliphatic heterocycles. The van der Waals surface area contributed by atoms with Crippen LogP contribution < -0.4 is 10.2 Å². The molecule has 1 aliphatic rings. The third kappa shape index (κ3) is 2.79. The first kappa shape index (κ1) is 14.4. The van der Waals surface area contributed by atoms with Gasteiger partial charge in [0.15, 0.2) is 0 Å². The molecule has 0 saturated heterocycles. The van der Waals surface area contributed by atoms with Crippen LogP contribution in [0.2, 0.25) is 0 Å². The lowest BCUT2D eigenvalue weighted by atomic mass is 10.1. The summed E-state index contributed by atoms with van der Waals surface area (Å²) in [4.78, 5) is 25.5. The van der Waals surface area contributed by atoms with Gasteiger partial charge < -0.3 is 10.2 Å². The molecule has 0 radical (unpaired) electrons. The molecule has 2 rings (SSSR count). The largest absolute Gasteiger partial charge is 0.340 e. The summed E-state index contributed by atoms with van der Waals surface area (Å²) < 4.78 is 25.5. The van der Waals surface area contributed by atoms with Gasteiger partial charge in [0.2, 0.25) is 5.91 Å². The Morgan fingerprint density at radius 1 is 1.30 bits per heavy atom. The zero-order valence-electron chi connectivity index (χ0n) is 11.1. The minimum absolute atomic E-state index is 0.244. The number of nitrogens with zero attached hydrogens (tertiary/aromatic N) is 1. The first-order valence-corrected chi connectivity index (χ1v) is 6.54. The maximum absolute atomic E-state index is 12.7. The van der Waals surface area contributed by atoms with E-state index in [0.29, 0.717) is 12.8 Å². The molecule has 1 atom stereocenters.